The predicted molar refractivity (Wildman–Crippen MR) is 68.9 cm³/mol. The lowest BCUT2D eigenvalue weighted by atomic mass is 10.1. The molecule has 1 heterocycles. The van der Waals surface area contributed by atoms with E-state index in [9.17, 15) is 4.79 Å². The van der Waals surface area contributed by atoms with Gasteiger partial charge < -0.3 is 10.6 Å². The molecule has 1 aliphatic heterocycles. The van der Waals surface area contributed by atoms with Crippen LogP contribution in [-0.2, 0) is 11.3 Å². The van der Waals surface area contributed by atoms with Gasteiger partial charge in [-0.05, 0) is 11.6 Å². The Labute approximate surface area is 102 Å². The molecule has 0 unspecified atom stereocenters. The first-order chi connectivity index (χ1) is 8.25. The first-order valence-electron chi connectivity index (χ1n) is 6.04. The van der Waals surface area contributed by atoms with Crippen LogP contribution in [-0.4, -0.2) is 37.0 Å². The van der Waals surface area contributed by atoms with E-state index in [0.29, 0.717) is 0 Å². The highest BCUT2D eigenvalue weighted by Crippen LogP contribution is 2.17. The van der Waals surface area contributed by atoms with E-state index in [4.69, 9.17) is 0 Å². The van der Waals surface area contributed by atoms with Crippen molar-refractivity contribution in [3.63, 3.8) is 0 Å². The average Bonchev–Trinajstić information content (AvgIpc) is 2.32. The number of benzene rings is 1. The lowest BCUT2D eigenvalue weighted by Gasteiger charge is -2.27. The smallest absolute Gasteiger partial charge is 0.221 e. The fourth-order valence-electron chi connectivity index (χ4n) is 2.08. The average molecular weight is 233 g/mol. The number of hydrogen-bond acceptors (Lipinski definition) is 3. The lowest BCUT2D eigenvalue weighted by Crippen LogP contribution is -2.43. The minimum absolute atomic E-state index is 0.0160. The highest BCUT2D eigenvalue weighted by Gasteiger charge is 2.12. The summed E-state index contributed by atoms with van der Waals surface area (Å²) < 4.78 is 0. The largest absolute Gasteiger partial charge is 0.326 e. The van der Waals surface area contributed by atoms with Gasteiger partial charge in [-0.3, -0.25) is 9.69 Å². The monoisotopic (exact) mass is 233 g/mol. The molecule has 0 bridgehead atoms. The van der Waals surface area contributed by atoms with Gasteiger partial charge in [0.1, 0.15) is 0 Å². The standard InChI is InChI=1S/C13H19N3O/c1-11(17)15-13-5-3-2-4-12(13)10-16-8-6-14-7-9-16/h2-5,14H,6-10H2,1H3,(H,15,17). The Balaban J connectivity index is 2.05. The zero-order valence-electron chi connectivity index (χ0n) is 10.2. The molecule has 92 valence electrons. The molecule has 1 amide bonds. The van der Waals surface area contributed by atoms with E-state index in [1.54, 1.807) is 6.92 Å². The number of carbonyl (C=O) groups is 1. The molecule has 1 aromatic rings. The van der Waals surface area contributed by atoms with Crippen LogP contribution in [0.4, 0.5) is 5.69 Å². The third-order valence-electron chi connectivity index (χ3n) is 2.93. The lowest BCUT2D eigenvalue weighted by molar-refractivity contribution is -0.114. The third kappa shape index (κ3) is 3.54. The summed E-state index contributed by atoms with van der Waals surface area (Å²) in [4.78, 5) is 13.5. The summed E-state index contributed by atoms with van der Waals surface area (Å²) >= 11 is 0. The first-order valence-corrected chi connectivity index (χ1v) is 6.04. The minimum Gasteiger partial charge on any atom is -0.326 e. The molecule has 1 saturated heterocycles. The van der Waals surface area contributed by atoms with Crippen molar-refractivity contribution in [3.8, 4) is 0 Å². The third-order valence-corrected chi connectivity index (χ3v) is 2.93. The van der Waals surface area contributed by atoms with E-state index in [1.165, 1.54) is 5.56 Å². The van der Waals surface area contributed by atoms with Gasteiger partial charge in [-0.2, -0.15) is 0 Å². The van der Waals surface area contributed by atoms with Crippen LogP contribution in [0.3, 0.4) is 0 Å². The van der Waals surface area contributed by atoms with E-state index < -0.39 is 0 Å². The number of nitrogens with zero attached hydrogens (tertiary/aromatic N) is 1. The Kier molecular flexibility index (Phi) is 4.12. The Morgan fingerprint density at radius 1 is 1.35 bits per heavy atom. The van der Waals surface area contributed by atoms with Gasteiger partial charge in [0.05, 0.1) is 0 Å². The van der Waals surface area contributed by atoms with Gasteiger partial charge in [0.2, 0.25) is 5.91 Å². The number of rotatable bonds is 3. The molecule has 4 nitrogen and oxygen atoms in total. The molecule has 0 spiro atoms. The molecule has 1 fully saturated rings. The molecule has 0 saturated carbocycles. The van der Waals surface area contributed by atoms with Gasteiger partial charge >= 0.3 is 0 Å². The van der Waals surface area contributed by atoms with E-state index >= 15 is 0 Å². The van der Waals surface area contributed by atoms with Crippen molar-refractivity contribution >= 4 is 11.6 Å². The first kappa shape index (κ1) is 12.1. The Morgan fingerprint density at radius 2 is 2.06 bits per heavy atom. The summed E-state index contributed by atoms with van der Waals surface area (Å²) in [7, 11) is 0. The van der Waals surface area contributed by atoms with Gasteiger partial charge in [-0.1, -0.05) is 18.2 Å². The van der Waals surface area contributed by atoms with Crippen LogP contribution < -0.4 is 10.6 Å². The van der Waals surface area contributed by atoms with Crippen molar-refractivity contribution in [3.05, 3.63) is 29.8 Å². The topological polar surface area (TPSA) is 44.4 Å². The highest BCUT2D eigenvalue weighted by atomic mass is 16.1. The maximum atomic E-state index is 11.1. The summed E-state index contributed by atoms with van der Waals surface area (Å²) in [5.74, 6) is -0.0160. The number of carbonyl (C=O) groups excluding carboxylic acids is 1. The van der Waals surface area contributed by atoms with Crippen LogP contribution in [0.5, 0.6) is 0 Å². The van der Waals surface area contributed by atoms with Gasteiger partial charge in [0.25, 0.3) is 0 Å². The summed E-state index contributed by atoms with van der Waals surface area (Å²) in [6, 6.07) is 8.00. The number of hydrogen-bond donors (Lipinski definition) is 2. The summed E-state index contributed by atoms with van der Waals surface area (Å²) in [6.07, 6.45) is 0. The molecule has 1 aromatic carbocycles. The zero-order chi connectivity index (χ0) is 12.1. The molecule has 0 aromatic heterocycles. The van der Waals surface area contributed by atoms with Crippen molar-refractivity contribution in [1.82, 2.24) is 10.2 Å². The van der Waals surface area contributed by atoms with Crippen LogP contribution >= 0.6 is 0 Å². The second-order valence-electron chi connectivity index (χ2n) is 4.36. The number of anilines is 1. The van der Waals surface area contributed by atoms with E-state index in [2.05, 4.69) is 21.6 Å². The molecular formula is C13H19N3O. The predicted octanol–water partition coefficient (Wildman–Crippen LogP) is 1.05. The second-order valence-corrected chi connectivity index (χ2v) is 4.36. The Hall–Kier alpha value is -1.39. The normalized spacial score (nSPS) is 16.8. The van der Waals surface area contributed by atoms with Gasteiger partial charge in [0, 0.05) is 45.3 Å². The van der Waals surface area contributed by atoms with Gasteiger partial charge in [-0.25, -0.2) is 0 Å². The van der Waals surface area contributed by atoms with Crippen LogP contribution in [0.15, 0.2) is 24.3 Å². The summed E-state index contributed by atoms with van der Waals surface area (Å²) in [5, 5.41) is 6.22. The molecule has 2 N–H and O–H groups in total. The molecule has 4 heteroatoms. The van der Waals surface area contributed by atoms with Crippen molar-refractivity contribution in [2.24, 2.45) is 0 Å². The number of nitrogens with one attached hydrogen (secondary N) is 2. The fraction of sp³-hybridized carbons (Fsp3) is 0.462. The maximum Gasteiger partial charge on any atom is 0.221 e. The van der Waals surface area contributed by atoms with Crippen LogP contribution in [0.1, 0.15) is 12.5 Å². The van der Waals surface area contributed by atoms with Crippen molar-refractivity contribution in [2.75, 3.05) is 31.5 Å². The van der Waals surface area contributed by atoms with Crippen LogP contribution in [0, 0.1) is 0 Å². The molecule has 0 aliphatic carbocycles. The highest BCUT2D eigenvalue weighted by molar-refractivity contribution is 5.89. The van der Waals surface area contributed by atoms with E-state index in [1.807, 2.05) is 18.2 Å². The van der Waals surface area contributed by atoms with Crippen molar-refractivity contribution in [1.29, 1.82) is 0 Å². The second kappa shape index (κ2) is 5.80. The van der Waals surface area contributed by atoms with Crippen LogP contribution in [0.2, 0.25) is 0 Å². The number of para-hydroxylation sites is 1. The number of amides is 1. The Morgan fingerprint density at radius 3 is 2.76 bits per heavy atom. The number of piperazine rings is 1. The molecule has 0 radical (unpaired) electrons. The SMILES string of the molecule is CC(=O)Nc1ccccc1CN1CCNCC1. The fourth-order valence-corrected chi connectivity index (χ4v) is 2.08. The van der Waals surface area contributed by atoms with Crippen molar-refractivity contribution < 1.29 is 4.79 Å². The van der Waals surface area contributed by atoms with Gasteiger partial charge in [-0.15, -0.1) is 0 Å². The minimum atomic E-state index is -0.0160. The van der Waals surface area contributed by atoms with E-state index in [-0.39, 0.29) is 5.91 Å². The quantitative estimate of drug-likeness (QED) is 0.820. The van der Waals surface area contributed by atoms with E-state index in [0.717, 1.165) is 38.4 Å². The Bertz CT molecular complexity index is 386. The molecule has 17 heavy (non-hydrogen) atoms. The molecular weight excluding hydrogens is 214 g/mol. The van der Waals surface area contributed by atoms with Crippen molar-refractivity contribution in [2.45, 2.75) is 13.5 Å². The summed E-state index contributed by atoms with van der Waals surface area (Å²) in [6.45, 7) is 6.66. The van der Waals surface area contributed by atoms with Crippen LogP contribution in [0.25, 0.3) is 0 Å². The molecule has 1 aliphatic rings. The van der Waals surface area contributed by atoms with Gasteiger partial charge in [0.15, 0.2) is 0 Å². The maximum absolute atomic E-state index is 11.1. The molecule has 2 rings (SSSR count). The summed E-state index contributed by atoms with van der Waals surface area (Å²) in [5.41, 5.74) is 2.11. The zero-order valence-corrected chi connectivity index (χ0v) is 10.2. The molecule has 0 atom stereocenters.